The molecule has 1 saturated heterocycles. The van der Waals surface area contributed by atoms with Gasteiger partial charge in [-0.15, -0.1) is 0 Å². The number of H-pyrrole nitrogens is 1. The van der Waals surface area contributed by atoms with Gasteiger partial charge in [0.05, 0.1) is 12.7 Å². The molecule has 0 saturated carbocycles. The third-order valence-corrected chi connectivity index (χ3v) is 3.94. The van der Waals surface area contributed by atoms with E-state index in [1.54, 1.807) is 11.7 Å². The normalized spacial score (nSPS) is 19.5. The van der Waals surface area contributed by atoms with Crippen molar-refractivity contribution in [2.24, 2.45) is 7.05 Å². The van der Waals surface area contributed by atoms with Crippen LogP contribution in [-0.2, 0) is 18.4 Å². The molecule has 0 bridgehead atoms. The van der Waals surface area contributed by atoms with Gasteiger partial charge in [-0.2, -0.15) is 5.10 Å². The monoisotopic (exact) mass is 304 g/mol. The van der Waals surface area contributed by atoms with Gasteiger partial charge in [-0.05, 0) is 19.4 Å². The summed E-state index contributed by atoms with van der Waals surface area (Å²) in [5.41, 5.74) is 0.428. The van der Waals surface area contributed by atoms with Crippen molar-refractivity contribution in [3.8, 4) is 0 Å². The van der Waals surface area contributed by atoms with E-state index in [9.17, 15) is 9.59 Å². The third kappa shape index (κ3) is 3.01. The standard InChI is InChI=1S/C14H20N6O2/c1-9(21)16-10-4-3-5-20(7-10)8-12-17-13-11(14(22)18-12)6-15-19(13)2/h6,10H,3-5,7-8H2,1-2H3,(H,16,21)(H,17,18,22)/t10-/m0/s1. The first-order valence-corrected chi connectivity index (χ1v) is 7.43. The molecule has 2 aromatic heterocycles. The van der Waals surface area contributed by atoms with Gasteiger partial charge in [-0.25, -0.2) is 4.98 Å². The topological polar surface area (TPSA) is 95.9 Å². The zero-order chi connectivity index (χ0) is 15.7. The second-order valence-corrected chi connectivity index (χ2v) is 5.79. The molecule has 0 unspecified atom stereocenters. The average molecular weight is 304 g/mol. The molecule has 1 atom stereocenters. The molecule has 3 heterocycles. The van der Waals surface area contributed by atoms with Gasteiger partial charge in [0.25, 0.3) is 5.56 Å². The first-order chi connectivity index (χ1) is 10.5. The summed E-state index contributed by atoms with van der Waals surface area (Å²) in [5, 5.41) is 7.52. The van der Waals surface area contributed by atoms with Crippen LogP contribution in [0.1, 0.15) is 25.6 Å². The van der Waals surface area contributed by atoms with Crippen molar-refractivity contribution in [2.75, 3.05) is 13.1 Å². The van der Waals surface area contributed by atoms with E-state index in [4.69, 9.17) is 0 Å². The van der Waals surface area contributed by atoms with E-state index < -0.39 is 0 Å². The molecular formula is C14H20N6O2. The van der Waals surface area contributed by atoms with Crippen LogP contribution >= 0.6 is 0 Å². The number of fused-ring (bicyclic) bond motifs is 1. The number of amides is 1. The lowest BCUT2D eigenvalue weighted by Gasteiger charge is -2.32. The number of rotatable bonds is 3. The molecule has 0 aliphatic carbocycles. The molecule has 1 aliphatic heterocycles. The van der Waals surface area contributed by atoms with Crippen molar-refractivity contribution in [1.29, 1.82) is 0 Å². The summed E-state index contributed by atoms with van der Waals surface area (Å²) in [6.45, 7) is 3.80. The Hall–Kier alpha value is -2.22. The second kappa shape index (κ2) is 5.88. The van der Waals surface area contributed by atoms with E-state index in [0.717, 1.165) is 25.9 Å². The first-order valence-electron chi connectivity index (χ1n) is 7.43. The maximum absolute atomic E-state index is 12.0. The lowest BCUT2D eigenvalue weighted by Crippen LogP contribution is -2.47. The van der Waals surface area contributed by atoms with Gasteiger partial charge in [0, 0.05) is 26.6 Å². The number of aryl methyl sites for hydroxylation is 1. The Morgan fingerprint density at radius 3 is 3.14 bits per heavy atom. The summed E-state index contributed by atoms with van der Waals surface area (Å²) in [6, 6.07) is 0.165. The first kappa shape index (κ1) is 14.7. The molecular weight excluding hydrogens is 284 g/mol. The number of nitrogens with one attached hydrogen (secondary N) is 2. The molecule has 8 nitrogen and oxygen atoms in total. The summed E-state index contributed by atoms with van der Waals surface area (Å²) in [4.78, 5) is 32.7. The lowest BCUT2D eigenvalue weighted by molar-refractivity contribution is -0.120. The Morgan fingerprint density at radius 1 is 1.55 bits per heavy atom. The Bertz CT molecular complexity index is 749. The number of nitrogens with zero attached hydrogens (tertiary/aromatic N) is 4. The van der Waals surface area contributed by atoms with Gasteiger partial charge in [0.2, 0.25) is 5.91 Å². The molecule has 22 heavy (non-hydrogen) atoms. The van der Waals surface area contributed by atoms with Crippen molar-refractivity contribution in [3.63, 3.8) is 0 Å². The van der Waals surface area contributed by atoms with Gasteiger partial charge < -0.3 is 10.3 Å². The summed E-state index contributed by atoms with van der Waals surface area (Å²) in [7, 11) is 1.77. The van der Waals surface area contributed by atoms with Gasteiger partial charge in [-0.1, -0.05) is 0 Å². The SMILES string of the molecule is CC(=O)N[C@H]1CCCN(Cc2nc3c(cnn3C)c(=O)[nH]2)C1. The van der Waals surface area contributed by atoms with Gasteiger partial charge in [0.1, 0.15) is 11.2 Å². The fourth-order valence-electron chi connectivity index (χ4n) is 2.97. The summed E-state index contributed by atoms with van der Waals surface area (Å²) in [6.07, 6.45) is 3.53. The van der Waals surface area contributed by atoms with E-state index in [1.807, 2.05) is 0 Å². The van der Waals surface area contributed by atoms with Crippen molar-refractivity contribution in [1.82, 2.24) is 30.0 Å². The largest absolute Gasteiger partial charge is 0.352 e. The number of hydrogen-bond acceptors (Lipinski definition) is 5. The smallest absolute Gasteiger partial charge is 0.262 e. The molecule has 1 amide bonds. The fraction of sp³-hybridized carbons (Fsp3) is 0.571. The maximum atomic E-state index is 12.0. The van der Waals surface area contributed by atoms with E-state index in [2.05, 4.69) is 25.3 Å². The zero-order valence-electron chi connectivity index (χ0n) is 12.8. The molecule has 1 fully saturated rings. The van der Waals surface area contributed by atoms with Crippen LogP contribution in [0.2, 0.25) is 0 Å². The summed E-state index contributed by atoms with van der Waals surface area (Å²) >= 11 is 0. The van der Waals surface area contributed by atoms with Crippen LogP contribution in [-0.4, -0.2) is 49.7 Å². The highest BCUT2D eigenvalue weighted by molar-refractivity contribution is 5.73. The molecule has 0 spiro atoms. The maximum Gasteiger partial charge on any atom is 0.262 e. The Labute approximate surface area is 127 Å². The molecule has 0 radical (unpaired) electrons. The van der Waals surface area contributed by atoms with Crippen LogP contribution in [0.5, 0.6) is 0 Å². The van der Waals surface area contributed by atoms with Crippen molar-refractivity contribution in [3.05, 3.63) is 22.4 Å². The highest BCUT2D eigenvalue weighted by Crippen LogP contribution is 2.13. The minimum absolute atomic E-state index is 0.00492. The number of piperidine rings is 1. The van der Waals surface area contributed by atoms with Crippen molar-refractivity contribution < 1.29 is 4.79 Å². The van der Waals surface area contributed by atoms with Crippen molar-refractivity contribution in [2.45, 2.75) is 32.4 Å². The van der Waals surface area contributed by atoms with E-state index in [-0.39, 0.29) is 17.5 Å². The van der Waals surface area contributed by atoms with Gasteiger partial charge in [0.15, 0.2) is 5.65 Å². The van der Waals surface area contributed by atoms with Crippen LogP contribution in [0.15, 0.2) is 11.0 Å². The van der Waals surface area contributed by atoms with Crippen LogP contribution in [0.4, 0.5) is 0 Å². The molecule has 2 N–H and O–H groups in total. The van der Waals surface area contributed by atoms with Crippen LogP contribution in [0.25, 0.3) is 11.0 Å². The summed E-state index contributed by atoms with van der Waals surface area (Å²) < 4.78 is 1.60. The number of aromatic amines is 1. The lowest BCUT2D eigenvalue weighted by atomic mass is 10.1. The van der Waals surface area contributed by atoms with E-state index >= 15 is 0 Å². The Morgan fingerprint density at radius 2 is 2.36 bits per heavy atom. The number of likely N-dealkylation sites (tertiary alicyclic amines) is 1. The fourth-order valence-corrected chi connectivity index (χ4v) is 2.97. The molecule has 3 rings (SSSR count). The quantitative estimate of drug-likeness (QED) is 0.816. The second-order valence-electron chi connectivity index (χ2n) is 5.79. The Balaban J connectivity index is 1.76. The number of carbonyl (C=O) groups is 1. The molecule has 1 aliphatic rings. The van der Waals surface area contributed by atoms with Crippen molar-refractivity contribution >= 4 is 16.9 Å². The minimum atomic E-state index is -0.163. The van der Waals surface area contributed by atoms with E-state index in [1.165, 1.54) is 13.1 Å². The van der Waals surface area contributed by atoms with Gasteiger partial charge >= 0.3 is 0 Å². The number of aromatic nitrogens is 4. The molecule has 118 valence electrons. The average Bonchev–Trinajstić information content (AvgIpc) is 2.81. The minimum Gasteiger partial charge on any atom is -0.352 e. The summed E-state index contributed by atoms with van der Waals surface area (Å²) in [5.74, 6) is 0.624. The third-order valence-electron chi connectivity index (χ3n) is 3.94. The highest BCUT2D eigenvalue weighted by Gasteiger charge is 2.21. The predicted octanol–water partition coefficient (Wildman–Crippen LogP) is -0.243. The number of hydrogen-bond donors (Lipinski definition) is 2. The predicted molar refractivity (Wildman–Crippen MR) is 81.2 cm³/mol. The van der Waals surface area contributed by atoms with Crippen LogP contribution in [0.3, 0.4) is 0 Å². The number of carbonyl (C=O) groups excluding carboxylic acids is 1. The zero-order valence-corrected chi connectivity index (χ0v) is 12.8. The van der Waals surface area contributed by atoms with Gasteiger partial charge in [-0.3, -0.25) is 19.2 Å². The molecule has 0 aromatic carbocycles. The molecule has 8 heteroatoms. The Kier molecular flexibility index (Phi) is 3.93. The van der Waals surface area contributed by atoms with Crippen LogP contribution < -0.4 is 10.9 Å². The highest BCUT2D eigenvalue weighted by atomic mass is 16.1. The molecule has 2 aromatic rings. The van der Waals surface area contributed by atoms with E-state index in [0.29, 0.717) is 23.4 Å². The van der Waals surface area contributed by atoms with Crippen LogP contribution in [0, 0.1) is 0 Å².